The van der Waals surface area contributed by atoms with Crippen LogP contribution in [0.15, 0.2) is 0 Å². The van der Waals surface area contributed by atoms with Crippen molar-refractivity contribution in [3.05, 3.63) is 0 Å². The number of aliphatic hydroxyl groups excluding tert-OH is 1. The maximum absolute atomic E-state index is 11.1. The van der Waals surface area contributed by atoms with Gasteiger partial charge in [-0.1, -0.05) is 6.42 Å². The summed E-state index contributed by atoms with van der Waals surface area (Å²) in [5.74, 6) is 0. The number of rotatable bonds is 5. The standard InChI is InChI=1S/C10H21N3O2/c14-9-5-12-10(15)11-4-8-13-6-2-1-3-7-13/h14H,1-9H2,(H2,11,12,15). The van der Waals surface area contributed by atoms with Crippen molar-refractivity contribution < 1.29 is 9.90 Å². The monoisotopic (exact) mass is 215 g/mol. The number of hydrogen-bond acceptors (Lipinski definition) is 3. The van der Waals surface area contributed by atoms with Crippen LogP contribution in [0.3, 0.4) is 0 Å². The molecule has 3 N–H and O–H groups in total. The van der Waals surface area contributed by atoms with Crippen LogP contribution in [-0.4, -0.2) is 55.4 Å². The van der Waals surface area contributed by atoms with Crippen LogP contribution in [0.1, 0.15) is 19.3 Å². The van der Waals surface area contributed by atoms with Gasteiger partial charge in [0.2, 0.25) is 0 Å². The van der Waals surface area contributed by atoms with Gasteiger partial charge in [-0.3, -0.25) is 0 Å². The number of aliphatic hydroxyl groups is 1. The molecule has 0 spiro atoms. The SMILES string of the molecule is O=C(NCCO)NCCN1CCCCC1. The fraction of sp³-hybridized carbons (Fsp3) is 0.900. The minimum Gasteiger partial charge on any atom is -0.395 e. The van der Waals surface area contributed by atoms with Crippen molar-refractivity contribution in [1.29, 1.82) is 0 Å². The molecule has 5 heteroatoms. The van der Waals surface area contributed by atoms with E-state index in [9.17, 15) is 4.79 Å². The molecule has 0 atom stereocenters. The average molecular weight is 215 g/mol. The Morgan fingerprint density at radius 2 is 1.80 bits per heavy atom. The zero-order valence-corrected chi connectivity index (χ0v) is 9.17. The molecule has 5 nitrogen and oxygen atoms in total. The van der Waals surface area contributed by atoms with E-state index in [1.54, 1.807) is 0 Å². The number of carbonyl (C=O) groups is 1. The van der Waals surface area contributed by atoms with E-state index in [2.05, 4.69) is 15.5 Å². The largest absolute Gasteiger partial charge is 0.395 e. The summed E-state index contributed by atoms with van der Waals surface area (Å²) in [5.41, 5.74) is 0. The predicted molar refractivity (Wildman–Crippen MR) is 58.8 cm³/mol. The van der Waals surface area contributed by atoms with Crippen LogP contribution in [0, 0.1) is 0 Å². The molecule has 1 aliphatic rings. The van der Waals surface area contributed by atoms with Gasteiger partial charge < -0.3 is 20.6 Å². The van der Waals surface area contributed by atoms with Crippen molar-refractivity contribution in [2.75, 3.05) is 39.3 Å². The summed E-state index contributed by atoms with van der Waals surface area (Å²) in [6, 6.07) is -0.193. The lowest BCUT2D eigenvalue weighted by atomic mass is 10.1. The van der Waals surface area contributed by atoms with Crippen LogP contribution in [-0.2, 0) is 0 Å². The molecular formula is C10H21N3O2. The molecule has 0 saturated carbocycles. The molecule has 2 amide bonds. The quantitative estimate of drug-likeness (QED) is 0.593. The summed E-state index contributed by atoms with van der Waals surface area (Å²) in [4.78, 5) is 13.5. The molecule has 0 aromatic heterocycles. The van der Waals surface area contributed by atoms with Crippen LogP contribution >= 0.6 is 0 Å². The fourth-order valence-electron chi connectivity index (χ4n) is 1.74. The molecular weight excluding hydrogens is 194 g/mol. The molecule has 0 aliphatic carbocycles. The van der Waals surface area contributed by atoms with Gasteiger partial charge in [0.15, 0.2) is 0 Å². The van der Waals surface area contributed by atoms with Crippen molar-refractivity contribution in [2.24, 2.45) is 0 Å². The second-order valence-corrected chi connectivity index (χ2v) is 3.81. The van der Waals surface area contributed by atoms with Gasteiger partial charge in [-0.2, -0.15) is 0 Å². The highest BCUT2D eigenvalue weighted by atomic mass is 16.3. The molecule has 0 aromatic carbocycles. The number of nitrogens with one attached hydrogen (secondary N) is 2. The minimum absolute atomic E-state index is 0.0143. The molecule has 1 aliphatic heterocycles. The van der Waals surface area contributed by atoms with Gasteiger partial charge in [0, 0.05) is 19.6 Å². The van der Waals surface area contributed by atoms with Crippen molar-refractivity contribution in [2.45, 2.75) is 19.3 Å². The van der Waals surface area contributed by atoms with Crippen LogP contribution in [0.2, 0.25) is 0 Å². The molecule has 1 heterocycles. The van der Waals surface area contributed by atoms with Gasteiger partial charge in [0.05, 0.1) is 6.61 Å². The van der Waals surface area contributed by atoms with Gasteiger partial charge in [-0.25, -0.2) is 4.79 Å². The van der Waals surface area contributed by atoms with Crippen molar-refractivity contribution in [1.82, 2.24) is 15.5 Å². The van der Waals surface area contributed by atoms with E-state index in [-0.39, 0.29) is 12.6 Å². The summed E-state index contributed by atoms with van der Waals surface area (Å²) in [5, 5.41) is 13.8. The van der Waals surface area contributed by atoms with Gasteiger partial charge in [-0.05, 0) is 25.9 Å². The summed E-state index contributed by atoms with van der Waals surface area (Å²) in [6.07, 6.45) is 3.88. The van der Waals surface area contributed by atoms with E-state index in [1.807, 2.05) is 0 Å². The number of nitrogens with zero attached hydrogens (tertiary/aromatic N) is 1. The maximum atomic E-state index is 11.1. The third kappa shape index (κ3) is 5.59. The van der Waals surface area contributed by atoms with Gasteiger partial charge in [0.1, 0.15) is 0 Å². The Morgan fingerprint density at radius 3 is 2.47 bits per heavy atom. The Labute approximate surface area is 90.8 Å². The Bertz CT molecular complexity index is 182. The number of likely N-dealkylation sites (tertiary alicyclic amines) is 1. The summed E-state index contributed by atoms with van der Waals surface area (Å²) in [7, 11) is 0. The number of carbonyl (C=O) groups excluding carboxylic acids is 1. The zero-order chi connectivity index (χ0) is 10.9. The molecule has 0 aromatic rings. The highest BCUT2D eigenvalue weighted by Gasteiger charge is 2.09. The van der Waals surface area contributed by atoms with E-state index in [1.165, 1.54) is 19.3 Å². The first-order valence-corrected chi connectivity index (χ1v) is 5.68. The lowest BCUT2D eigenvalue weighted by Crippen LogP contribution is -2.42. The first-order valence-electron chi connectivity index (χ1n) is 5.68. The lowest BCUT2D eigenvalue weighted by Gasteiger charge is -2.26. The average Bonchev–Trinajstić information content (AvgIpc) is 2.28. The van der Waals surface area contributed by atoms with E-state index < -0.39 is 0 Å². The summed E-state index contributed by atoms with van der Waals surface area (Å²) < 4.78 is 0. The molecule has 1 saturated heterocycles. The second kappa shape index (κ2) is 7.48. The maximum Gasteiger partial charge on any atom is 0.314 e. The molecule has 0 bridgehead atoms. The van der Waals surface area contributed by atoms with E-state index in [0.717, 1.165) is 19.6 Å². The lowest BCUT2D eigenvalue weighted by molar-refractivity contribution is 0.218. The van der Waals surface area contributed by atoms with Gasteiger partial charge in [-0.15, -0.1) is 0 Å². The predicted octanol–water partition coefficient (Wildman–Crippen LogP) is -0.236. The smallest absolute Gasteiger partial charge is 0.314 e. The van der Waals surface area contributed by atoms with Crippen LogP contribution in [0.4, 0.5) is 4.79 Å². The fourth-order valence-corrected chi connectivity index (χ4v) is 1.74. The Morgan fingerprint density at radius 1 is 1.13 bits per heavy atom. The van der Waals surface area contributed by atoms with Crippen molar-refractivity contribution in [3.8, 4) is 0 Å². The Balaban J connectivity index is 1.97. The van der Waals surface area contributed by atoms with Crippen LogP contribution < -0.4 is 10.6 Å². The van der Waals surface area contributed by atoms with Gasteiger partial charge in [0.25, 0.3) is 0 Å². The minimum atomic E-state index is -0.193. The highest BCUT2D eigenvalue weighted by molar-refractivity contribution is 5.73. The second-order valence-electron chi connectivity index (χ2n) is 3.81. The molecule has 0 unspecified atom stereocenters. The third-order valence-electron chi connectivity index (χ3n) is 2.56. The highest BCUT2D eigenvalue weighted by Crippen LogP contribution is 2.06. The molecule has 15 heavy (non-hydrogen) atoms. The number of urea groups is 1. The van der Waals surface area contributed by atoms with E-state index in [4.69, 9.17) is 5.11 Å². The third-order valence-corrected chi connectivity index (χ3v) is 2.56. The Kier molecular flexibility index (Phi) is 6.11. The Hall–Kier alpha value is -0.810. The molecule has 88 valence electrons. The van der Waals surface area contributed by atoms with E-state index >= 15 is 0 Å². The first-order chi connectivity index (χ1) is 7.33. The molecule has 1 rings (SSSR count). The zero-order valence-electron chi connectivity index (χ0n) is 9.17. The topological polar surface area (TPSA) is 64.6 Å². The van der Waals surface area contributed by atoms with Gasteiger partial charge >= 0.3 is 6.03 Å². The molecule has 1 fully saturated rings. The summed E-state index contributed by atoms with van der Waals surface area (Å²) >= 11 is 0. The van der Waals surface area contributed by atoms with Crippen molar-refractivity contribution in [3.63, 3.8) is 0 Å². The number of amides is 2. The van der Waals surface area contributed by atoms with Crippen molar-refractivity contribution >= 4 is 6.03 Å². The summed E-state index contributed by atoms with van der Waals surface area (Å²) in [6.45, 7) is 4.21. The number of hydrogen-bond donors (Lipinski definition) is 3. The first kappa shape index (κ1) is 12.3. The normalized spacial score (nSPS) is 17.4. The van der Waals surface area contributed by atoms with E-state index in [0.29, 0.717) is 13.1 Å². The van der Waals surface area contributed by atoms with Crippen LogP contribution in [0.5, 0.6) is 0 Å². The van der Waals surface area contributed by atoms with Crippen LogP contribution in [0.25, 0.3) is 0 Å². The number of piperidine rings is 1. The molecule has 0 radical (unpaired) electrons.